The van der Waals surface area contributed by atoms with Crippen LogP contribution < -0.4 is 4.72 Å². The molecule has 0 saturated carbocycles. The van der Waals surface area contributed by atoms with Gasteiger partial charge in [0.2, 0.25) is 10.0 Å². The maximum Gasteiger partial charge on any atom is 0.241 e. The minimum Gasteiger partial charge on any atom is -0.214 e. The molecule has 1 aromatic carbocycles. The lowest BCUT2D eigenvalue weighted by atomic mass is 10.3. The van der Waals surface area contributed by atoms with E-state index in [9.17, 15) is 12.8 Å². The average Bonchev–Trinajstić information content (AvgIpc) is 2.03. The second kappa shape index (κ2) is 3.89. The van der Waals surface area contributed by atoms with E-state index in [1.807, 2.05) is 0 Å². The Morgan fingerprint density at radius 3 is 2.54 bits per heavy atom. The van der Waals surface area contributed by atoms with E-state index in [4.69, 9.17) is 0 Å². The zero-order valence-electron chi connectivity index (χ0n) is 6.71. The molecule has 0 saturated heterocycles. The molecule has 1 aromatic rings. The number of hydrogen-bond donors (Lipinski definition) is 1. The van der Waals surface area contributed by atoms with E-state index in [0.29, 0.717) is 3.57 Å². The third-order valence-electron chi connectivity index (χ3n) is 1.45. The fraction of sp³-hybridized carbons (Fsp3) is 0.143. The first-order valence-electron chi connectivity index (χ1n) is 3.36. The van der Waals surface area contributed by atoms with Gasteiger partial charge >= 0.3 is 0 Å². The highest BCUT2D eigenvalue weighted by Crippen LogP contribution is 2.18. The summed E-state index contributed by atoms with van der Waals surface area (Å²) in [6.45, 7) is 0. The summed E-state index contributed by atoms with van der Waals surface area (Å²) in [5, 5.41) is 0. The zero-order chi connectivity index (χ0) is 10.1. The maximum atomic E-state index is 12.6. The van der Waals surface area contributed by atoms with Gasteiger partial charge in [-0.15, -0.1) is 0 Å². The third kappa shape index (κ3) is 2.38. The van der Waals surface area contributed by atoms with E-state index in [2.05, 4.69) is 4.72 Å². The Hall–Kier alpha value is -0.210. The van der Waals surface area contributed by atoms with Gasteiger partial charge in [0.15, 0.2) is 0 Å². The van der Waals surface area contributed by atoms with Crippen molar-refractivity contribution in [3.8, 4) is 0 Å². The predicted octanol–water partition coefficient (Wildman–Crippen LogP) is 1.34. The Labute approximate surface area is 89.5 Å². The van der Waals surface area contributed by atoms with Crippen molar-refractivity contribution in [2.75, 3.05) is 7.05 Å². The number of benzene rings is 1. The zero-order valence-corrected chi connectivity index (χ0v) is 9.69. The van der Waals surface area contributed by atoms with Crippen molar-refractivity contribution in [2.24, 2.45) is 0 Å². The van der Waals surface area contributed by atoms with Crippen LogP contribution in [0.4, 0.5) is 4.39 Å². The molecule has 1 N–H and O–H groups in total. The topological polar surface area (TPSA) is 46.2 Å². The van der Waals surface area contributed by atoms with Gasteiger partial charge in [0.05, 0.1) is 4.90 Å². The highest BCUT2D eigenvalue weighted by Gasteiger charge is 2.15. The van der Waals surface area contributed by atoms with Gasteiger partial charge in [-0.3, -0.25) is 0 Å². The van der Waals surface area contributed by atoms with Crippen LogP contribution >= 0.6 is 22.6 Å². The summed E-state index contributed by atoms with van der Waals surface area (Å²) in [6, 6.07) is 3.53. The molecule has 0 heterocycles. The van der Waals surface area contributed by atoms with Crippen LogP contribution in [0.5, 0.6) is 0 Å². The van der Waals surface area contributed by atoms with E-state index in [-0.39, 0.29) is 4.90 Å². The highest BCUT2D eigenvalue weighted by atomic mass is 127. The monoisotopic (exact) mass is 315 g/mol. The second-order valence-corrected chi connectivity index (χ2v) is 5.30. The number of nitrogens with one attached hydrogen (secondary N) is 1. The summed E-state index contributed by atoms with van der Waals surface area (Å²) in [6.07, 6.45) is 0. The van der Waals surface area contributed by atoms with Crippen LogP contribution in [0.15, 0.2) is 23.1 Å². The van der Waals surface area contributed by atoms with Gasteiger partial charge < -0.3 is 0 Å². The van der Waals surface area contributed by atoms with Crippen LogP contribution in [0.2, 0.25) is 0 Å². The third-order valence-corrected chi connectivity index (χ3v) is 4.18. The molecule has 0 radical (unpaired) electrons. The summed E-state index contributed by atoms with van der Waals surface area (Å²) in [5.74, 6) is -0.445. The molecule has 1 rings (SSSR count). The summed E-state index contributed by atoms with van der Waals surface area (Å²) >= 11 is 1.78. The van der Waals surface area contributed by atoms with Crippen molar-refractivity contribution in [1.82, 2.24) is 4.72 Å². The molecule has 0 fully saturated rings. The molecule has 0 unspecified atom stereocenters. The quantitative estimate of drug-likeness (QED) is 0.837. The second-order valence-electron chi connectivity index (χ2n) is 2.28. The first-order valence-corrected chi connectivity index (χ1v) is 5.92. The molecule has 6 heteroatoms. The summed E-state index contributed by atoms with van der Waals surface area (Å²) in [4.78, 5) is 0.0944. The molecule has 0 atom stereocenters. The SMILES string of the molecule is CNS(=O)(=O)c1ccc(F)cc1I. The van der Waals surface area contributed by atoms with Crippen molar-refractivity contribution in [3.05, 3.63) is 27.6 Å². The molecule has 0 aromatic heterocycles. The molecule has 13 heavy (non-hydrogen) atoms. The van der Waals surface area contributed by atoms with Crippen molar-refractivity contribution >= 4 is 32.6 Å². The largest absolute Gasteiger partial charge is 0.241 e. The summed E-state index contributed by atoms with van der Waals surface area (Å²) < 4.78 is 37.7. The van der Waals surface area contributed by atoms with Crippen LogP contribution in [0.25, 0.3) is 0 Å². The van der Waals surface area contributed by atoms with Gasteiger partial charge in [0.1, 0.15) is 5.82 Å². The summed E-state index contributed by atoms with van der Waals surface area (Å²) in [5.41, 5.74) is 0. The van der Waals surface area contributed by atoms with E-state index in [1.54, 1.807) is 22.6 Å². The Morgan fingerprint density at radius 2 is 2.08 bits per heavy atom. The lowest BCUT2D eigenvalue weighted by molar-refractivity contribution is 0.586. The fourth-order valence-electron chi connectivity index (χ4n) is 0.803. The lowest BCUT2D eigenvalue weighted by Crippen LogP contribution is -2.19. The van der Waals surface area contributed by atoms with E-state index < -0.39 is 15.8 Å². The Morgan fingerprint density at radius 1 is 1.46 bits per heavy atom. The average molecular weight is 315 g/mol. The van der Waals surface area contributed by atoms with Gasteiger partial charge in [0, 0.05) is 3.57 Å². The van der Waals surface area contributed by atoms with Crippen molar-refractivity contribution < 1.29 is 12.8 Å². The van der Waals surface area contributed by atoms with E-state index in [0.717, 1.165) is 6.07 Å². The number of hydrogen-bond acceptors (Lipinski definition) is 2. The van der Waals surface area contributed by atoms with Crippen LogP contribution in [0.3, 0.4) is 0 Å². The molecule has 0 aliphatic heterocycles. The van der Waals surface area contributed by atoms with Crippen LogP contribution in [-0.2, 0) is 10.0 Å². The molecule has 0 aliphatic carbocycles. The number of rotatable bonds is 2. The molecular formula is C7H7FINO2S. The lowest BCUT2D eigenvalue weighted by Gasteiger charge is -2.04. The first kappa shape index (κ1) is 10.9. The Balaban J connectivity index is 3.33. The van der Waals surface area contributed by atoms with Gasteiger partial charge in [-0.25, -0.2) is 17.5 Å². The molecule has 0 aliphatic rings. The smallest absolute Gasteiger partial charge is 0.214 e. The van der Waals surface area contributed by atoms with Gasteiger partial charge in [-0.2, -0.15) is 0 Å². The highest BCUT2D eigenvalue weighted by molar-refractivity contribution is 14.1. The van der Waals surface area contributed by atoms with Gasteiger partial charge in [-0.1, -0.05) is 0 Å². The molecule has 72 valence electrons. The predicted molar refractivity (Wildman–Crippen MR) is 55.4 cm³/mol. The standard InChI is InChI=1S/C7H7FINO2S/c1-10-13(11,12)7-3-2-5(8)4-6(7)9/h2-4,10H,1H3. The fourth-order valence-corrected chi connectivity index (χ4v) is 2.93. The van der Waals surface area contributed by atoms with Gasteiger partial charge in [-0.05, 0) is 47.8 Å². The Bertz CT molecular complexity index is 419. The Kier molecular flexibility index (Phi) is 3.25. The van der Waals surface area contributed by atoms with Crippen LogP contribution in [0.1, 0.15) is 0 Å². The normalized spacial score (nSPS) is 11.6. The molecule has 3 nitrogen and oxygen atoms in total. The van der Waals surface area contributed by atoms with Crippen molar-refractivity contribution in [1.29, 1.82) is 0 Å². The minimum absolute atomic E-state index is 0.0944. The number of sulfonamides is 1. The van der Waals surface area contributed by atoms with Crippen molar-refractivity contribution in [3.63, 3.8) is 0 Å². The molecule has 0 amide bonds. The van der Waals surface area contributed by atoms with Crippen LogP contribution in [0, 0.1) is 9.39 Å². The number of halogens is 2. The minimum atomic E-state index is -3.47. The maximum absolute atomic E-state index is 12.6. The van der Waals surface area contributed by atoms with Crippen LogP contribution in [-0.4, -0.2) is 15.5 Å². The molecule has 0 bridgehead atoms. The van der Waals surface area contributed by atoms with Crippen molar-refractivity contribution in [2.45, 2.75) is 4.90 Å². The van der Waals surface area contributed by atoms with Gasteiger partial charge in [0.25, 0.3) is 0 Å². The molecular weight excluding hydrogens is 308 g/mol. The van der Waals surface area contributed by atoms with E-state index >= 15 is 0 Å². The van der Waals surface area contributed by atoms with E-state index in [1.165, 1.54) is 19.2 Å². The summed E-state index contributed by atoms with van der Waals surface area (Å²) in [7, 11) is -2.16. The first-order chi connectivity index (χ1) is 5.97. The molecule has 0 spiro atoms.